The third-order valence-corrected chi connectivity index (χ3v) is 6.88. The van der Waals surface area contributed by atoms with Crippen LogP contribution in [0.5, 0.6) is 5.75 Å². The minimum absolute atomic E-state index is 0.0437. The zero-order valence-corrected chi connectivity index (χ0v) is 17.7. The van der Waals surface area contributed by atoms with Crippen LogP contribution in [0.4, 0.5) is 5.69 Å². The van der Waals surface area contributed by atoms with E-state index >= 15 is 0 Å². The lowest BCUT2D eigenvalue weighted by molar-refractivity contribution is -0.384. The van der Waals surface area contributed by atoms with Crippen LogP contribution < -0.4 is 4.74 Å². The van der Waals surface area contributed by atoms with E-state index in [0.29, 0.717) is 33.2 Å². The SMILES string of the molecule is O=C1Oc2ccccc2C(O)C1c1c(-c2ccc([N+](=O)[O-])cc2)nc2sc3ccccc3n12. The summed E-state index contributed by atoms with van der Waals surface area (Å²) in [5.74, 6) is -1.28. The molecular weight excluding hydrogens is 442 g/mol. The highest BCUT2D eigenvalue weighted by molar-refractivity contribution is 7.23. The molecule has 1 N–H and O–H groups in total. The molecule has 1 aliphatic heterocycles. The number of hydrogen-bond acceptors (Lipinski definition) is 7. The lowest BCUT2D eigenvalue weighted by Gasteiger charge is -2.28. The molecule has 0 radical (unpaired) electrons. The number of nitrogens with zero attached hydrogens (tertiary/aromatic N) is 3. The van der Waals surface area contributed by atoms with E-state index in [1.165, 1.54) is 23.5 Å². The average Bonchev–Trinajstić information content (AvgIpc) is 3.36. The smallest absolute Gasteiger partial charge is 0.323 e. The first-order valence-corrected chi connectivity index (χ1v) is 11.0. The van der Waals surface area contributed by atoms with Crippen molar-refractivity contribution in [1.82, 2.24) is 9.38 Å². The molecular formula is C24H15N3O5S. The number of imidazole rings is 1. The van der Waals surface area contributed by atoms with Crippen LogP contribution in [0, 0.1) is 10.1 Å². The molecule has 0 amide bonds. The summed E-state index contributed by atoms with van der Waals surface area (Å²) in [6.45, 7) is 0. The molecule has 5 aromatic rings. The van der Waals surface area contributed by atoms with Gasteiger partial charge in [-0.05, 0) is 30.3 Å². The second-order valence-corrected chi connectivity index (χ2v) is 8.73. The summed E-state index contributed by atoms with van der Waals surface area (Å²) in [5.41, 5.74) is 2.90. The summed E-state index contributed by atoms with van der Waals surface area (Å²) in [6, 6.07) is 20.6. The Morgan fingerprint density at radius 3 is 2.55 bits per heavy atom. The molecule has 3 heterocycles. The van der Waals surface area contributed by atoms with Gasteiger partial charge in [0.15, 0.2) is 4.96 Å². The number of aliphatic hydroxyl groups is 1. The van der Waals surface area contributed by atoms with Crippen molar-refractivity contribution in [3.63, 3.8) is 0 Å². The minimum atomic E-state index is -1.14. The Hall–Kier alpha value is -4.08. The number of non-ortho nitro benzene ring substituents is 1. The van der Waals surface area contributed by atoms with Gasteiger partial charge in [0.25, 0.3) is 5.69 Å². The Balaban J connectivity index is 1.63. The highest BCUT2D eigenvalue weighted by Crippen LogP contribution is 2.45. The normalized spacial score (nSPS) is 17.8. The van der Waals surface area contributed by atoms with Gasteiger partial charge >= 0.3 is 5.97 Å². The molecule has 0 saturated carbocycles. The van der Waals surface area contributed by atoms with Crippen molar-refractivity contribution < 1.29 is 19.6 Å². The molecule has 8 nitrogen and oxygen atoms in total. The number of rotatable bonds is 3. The van der Waals surface area contributed by atoms with Gasteiger partial charge in [0.1, 0.15) is 17.8 Å². The molecule has 0 saturated heterocycles. The van der Waals surface area contributed by atoms with E-state index in [4.69, 9.17) is 9.72 Å². The maximum absolute atomic E-state index is 13.2. The molecule has 2 aromatic heterocycles. The predicted molar refractivity (Wildman–Crippen MR) is 122 cm³/mol. The van der Waals surface area contributed by atoms with E-state index in [1.54, 1.807) is 36.4 Å². The van der Waals surface area contributed by atoms with Gasteiger partial charge in [-0.15, -0.1) is 0 Å². The molecule has 2 unspecified atom stereocenters. The summed E-state index contributed by atoms with van der Waals surface area (Å²) in [4.78, 5) is 29.3. The number of ether oxygens (including phenoxy) is 1. The van der Waals surface area contributed by atoms with E-state index in [9.17, 15) is 20.0 Å². The van der Waals surface area contributed by atoms with E-state index in [1.807, 2.05) is 28.7 Å². The molecule has 162 valence electrons. The largest absolute Gasteiger partial charge is 0.426 e. The number of carbonyl (C=O) groups is 1. The van der Waals surface area contributed by atoms with E-state index in [2.05, 4.69) is 0 Å². The summed E-state index contributed by atoms with van der Waals surface area (Å²) >= 11 is 1.46. The molecule has 0 fully saturated rings. The van der Waals surface area contributed by atoms with Crippen molar-refractivity contribution in [3.8, 4) is 17.0 Å². The van der Waals surface area contributed by atoms with E-state index in [0.717, 1.165) is 10.2 Å². The Morgan fingerprint density at radius 1 is 1.03 bits per heavy atom. The average molecular weight is 457 g/mol. The Kier molecular flexibility index (Phi) is 4.29. The van der Waals surface area contributed by atoms with Gasteiger partial charge in [0.2, 0.25) is 0 Å². The first-order chi connectivity index (χ1) is 16.0. The van der Waals surface area contributed by atoms with Crippen molar-refractivity contribution in [3.05, 3.63) is 94.2 Å². The highest BCUT2D eigenvalue weighted by atomic mass is 32.1. The zero-order chi connectivity index (χ0) is 22.7. The van der Waals surface area contributed by atoms with Crippen molar-refractivity contribution in [2.75, 3.05) is 0 Å². The van der Waals surface area contributed by atoms with Crippen molar-refractivity contribution in [2.24, 2.45) is 0 Å². The Bertz CT molecular complexity index is 1570. The van der Waals surface area contributed by atoms with Gasteiger partial charge in [0.05, 0.1) is 26.5 Å². The van der Waals surface area contributed by atoms with Gasteiger partial charge in [0, 0.05) is 23.3 Å². The number of nitro benzene ring substituents is 1. The summed E-state index contributed by atoms with van der Waals surface area (Å²) in [7, 11) is 0. The topological polar surface area (TPSA) is 107 Å². The molecule has 0 bridgehead atoms. The van der Waals surface area contributed by atoms with Crippen LogP contribution in [-0.4, -0.2) is 25.4 Å². The van der Waals surface area contributed by atoms with Crippen molar-refractivity contribution in [1.29, 1.82) is 0 Å². The second kappa shape index (κ2) is 7.22. The lowest BCUT2D eigenvalue weighted by atomic mass is 9.88. The molecule has 2 atom stereocenters. The van der Waals surface area contributed by atoms with E-state index in [-0.39, 0.29) is 5.69 Å². The monoisotopic (exact) mass is 457 g/mol. The van der Waals surface area contributed by atoms with Gasteiger partial charge in [-0.2, -0.15) is 0 Å². The fourth-order valence-electron chi connectivity index (χ4n) is 4.34. The quantitative estimate of drug-likeness (QED) is 0.179. The van der Waals surface area contributed by atoms with Crippen LogP contribution in [0.15, 0.2) is 72.8 Å². The Morgan fingerprint density at radius 2 is 1.76 bits per heavy atom. The number of aromatic nitrogens is 2. The maximum atomic E-state index is 13.2. The van der Waals surface area contributed by atoms with Crippen LogP contribution in [0.3, 0.4) is 0 Å². The van der Waals surface area contributed by atoms with Crippen LogP contribution in [0.2, 0.25) is 0 Å². The zero-order valence-electron chi connectivity index (χ0n) is 16.9. The van der Waals surface area contributed by atoms with Crippen LogP contribution in [-0.2, 0) is 4.79 Å². The van der Waals surface area contributed by atoms with Gasteiger partial charge in [-0.1, -0.05) is 41.7 Å². The third kappa shape index (κ3) is 2.94. The number of para-hydroxylation sites is 2. The molecule has 33 heavy (non-hydrogen) atoms. The molecule has 3 aromatic carbocycles. The molecule has 0 aliphatic carbocycles. The van der Waals surface area contributed by atoms with Gasteiger partial charge < -0.3 is 9.84 Å². The molecule has 0 spiro atoms. The fourth-order valence-corrected chi connectivity index (χ4v) is 5.37. The fraction of sp³-hybridized carbons (Fsp3) is 0.0833. The Labute approximate surface area is 190 Å². The number of esters is 1. The number of fused-ring (bicyclic) bond motifs is 4. The second-order valence-electron chi connectivity index (χ2n) is 7.72. The summed E-state index contributed by atoms with van der Waals surface area (Å²) in [6.07, 6.45) is -1.14. The number of hydrogen-bond donors (Lipinski definition) is 1. The maximum Gasteiger partial charge on any atom is 0.323 e. The number of benzene rings is 3. The molecule has 9 heteroatoms. The summed E-state index contributed by atoms with van der Waals surface area (Å²) in [5, 5.41) is 22.4. The van der Waals surface area contributed by atoms with Gasteiger partial charge in [-0.25, -0.2) is 4.98 Å². The lowest BCUT2D eigenvalue weighted by Crippen LogP contribution is -2.31. The minimum Gasteiger partial charge on any atom is -0.426 e. The van der Waals surface area contributed by atoms with Crippen molar-refractivity contribution >= 4 is 38.2 Å². The van der Waals surface area contributed by atoms with Crippen LogP contribution >= 0.6 is 11.3 Å². The number of thiazole rings is 1. The number of carbonyl (C=O) groups excluding carboxylic acids is 1. The number of aliphatic hydroxyl groups excluding tert-OH is 1. The van der Waals surface area contributed by atoms with Crippen molar-refractivity contribution in [2.45, 2.75) is 12.0 Å². The highest BCUT2D eigenvalue weighted by Gasteiger charge is 2.42. The third-order valence-electron chi connectivity index (χ3n) is 5.85. The predicted octanol–water partition coefficient (Wildman–Crippen LogP) is 4.86. The van der Waals surface area contributed by atoms with Crippen LogP contribution in [0.1, 0.15) is 23.3 Å². The molecule has 6 rings (SSSR count). The first kappa shape index (κ1) is 19.6. The number of nitro groups is 1. The molecule has 1 aliphatic rings. The summed E-state index contributed by atoms with van der Waals surface area (Å²) < 4.78 is 8.45. The first-order valence-electron chi connectivity index (χ1n) is 10.2. The van der Waals surface area contributed by atoms with Gasteiger partial charge in [-0.3, -0.25) is 19.3 Å². The standard InChI is InChI=1S/C24H15N3O5S/c28-22-15-5-1-3-7-17(15)32-23(29)19(22)21-20(13-9-11-14(12-10-13)27(30)31)25-24-26(21)16-6-2-4-8-18(16)33-24/h1-12,19,22,28H. The van der Waals surface area contributed by atoms with E-state index < -0.39 is 22.9 Å². The van der Waals surface area contributed by atoms with Crippen LogP contribution in [0.25, 0.3) is 26.4 Å².